The molecule has 0 aromatic heterocycles. The quantitative estimate of drug-likeness (QED) is 0.811. The number of sulfonamides is 1. The Bertz CT molecular complexity index is 596. The van der Waals surface area contributed by atoms with Crippen molar-refractivity contribution in [2.45, 2.75) is 36.2 Å². The molecule has 0 spiro atoms. The molecular formula is C13H18FN3O2S. The van der Waals surface area contributed by atoms with Crippen molar-refractivity contribution in [3.63, 3.8) is 0 Å². The van der Waals surface area contributed by atoms with E-state index in [0.29, 0.717) is 12.6 Å². The van der Waals surface area contributed by atoms with Crippen molar-refractivity contribution in [3.05, 3.63) is 24.0 Å². The summed E-state index contributed by atoms with van der Waals surface area (Å²) in [6.45, 7) is 1.59. The number of hydrogen-bond donors (Lipinski definition) is 2. The second kappa shape index (κ2) is 4.98. The van der Waals surface area contributed by atoms with E-state index in [1.165, 1.54) is 25.0 Å². The summed E-state index contributed by atoms with van der Waals surface area (Å²) in [6.07, 6.45) is 3.14. The summed E-state index contributed by atoms with van der Waals surface area (Å²) in [5, 5.41) is 0. The van der Waals surface area contributed by atoms with Gasteiger partial charge in [-0.2, -0.15) is 0 Å². The molecule has 1 saturated carbocycles. The fraction of sp³-hybridized carbons (Fsp3) is 0.538. The highest BCUT2D eigenvalue weighted by Gasteiger charge is 2.36. The van der Waals surface area contributed by atoms with Crippen LogP contribution in [0.5, 0.6) is 0 Å². The molecule has 1 aromatic rings. The first kappa shape index (κ1) is 13.8. The lowest BCUT2D eigenvalue weighted by Crippen LogP contribution is -2.38. The molecule has 3 rings (SSSR count). The Morgan fingerprint density at radius 2 is 2.05 bits per heavy atom. The molecule has 20 heavy (non-hydrogen) atoms. The predicted octanol–water partition coefficient (Wildman–Crippen LogP) is 0.923. The Morgan fingerprint density at radius 1 is 1.30 bits per heavy atom. The zero-order chi connectivity index (χ0) is 14.3. The first-order valence-electron chi connectivity index (χ1n) is 6.78. The number of nitrogens with one attached hydrogen (secondary N) is 1. The summed E-state index contributed by atoms with van der Waals surface area (Å²) >= 11 is 0. The van der Waals surface area contributed by atoms with Gasteiger partial charge in [0.25, 0.3) is 0 Å². The zero-order valence-electron chi connectivity index (χ0n) is 11.0. The molecule has 1 aliphatic heterocycles. The van der Waals surface area contributed by atoms with E-state index < -0.39 is 20.7 Å². The van der Waals surface area contributed by atoms with Crippen molar-refractivity contribution in [3.8, 4) is 0 Å². The Balaban J connectivity index is 1.76. The molecule has 1 aliphatic carbocycles. The molecule has 0 bridgehead atoms. The van der Waals surface area contributed by atoms with E-state index in [2.05, 4.69) is 9.62 Å². The number of nitrogen functional groups attached to an aromatic ring is 1. The van der Waals surface area contributed by atoms with Gasteiger partial charge in [0.2, 0.25) is 10.0 Å². The van der Waals surface area contributed by atoms with Crippen molar-refractivity contribution >= 4 is 15.7 Å². The number of nitrogens with two attached hydrogens (primary N) is 1. The number of rotatable bonds is 4. The molecule has 2 fully saturated rings. The van der Waals surface area contributed by atoms with Crippen LogP contribution in [0.3, 0.4) is 0 Å². The molecule has 2 aliphatic rings. The van der Waals surface area contributed by atoms with Crippen LogP contribution in [-0.4, -0.2) is 38.5 Å². The molecule has 7 heteroatoms. The van der Waals surface area contributed by atoms with E-state index in [1.807, 2.05) is 0 Å². The fourth-order valence-corrected chi connectivity index (χ4v) is 4.19. The van der Waals surface area contributed by atoms with Crippen LogP contribution in [0.4, 0.5) is 10.1 Å². The molecule has 0 radical (unpaired) electrons. The summed E-state index contributed by atoms with van der Waals surface area (Å²) in [7, 11) is -3.91. The smallest absolute Gasteiger partial charge is 0.245 e. The summed E-state index contributed by atoms with van der Waals surface area (Å²) in [5.74, 6) is -0.811. The monoisotopic (exact) mass is 299 g/mol. The van der Waals surface area contributed by atoms with Gasteiger partial charge in [0.1, 0.15) is 10.7 Å². The number of nitrogens with zero attached hydrogens (tertiary/aromatic N) is 1. The number of benzene rings is 1. The van der Waals surface area contributed by atoms with Crippen LogP contribution >= 0.6 is 0 Å². The third kappa shape index (κ3) is 2.65. The first-order valence-corrected chi connectivity index (χ1v) is 8.26. The maximum Gasteiger partial charge on any atom is 0.245 e. The molecule has 1 aromatic carbocycles. The molecule has 1 heterocycles. The second-order valence-corrected chi connectivity index (χ2v) is 7.14. The van der Waals surface area contributed by atoms with Crippen molar-refractivity contribution in [1.29, 1.82) is 0 Å². The molecule has 1 unspecified atom stereocenters. The molecular weight excluding hydrogens is 281 g/mol. The van der Waals surface area contributed by atoms with Crippen molar-refractivity contribution in [1.82, 2.24) is 9.62 Å². The lowest BCUT2D eigenvalue weighted by Gasteiger charge is -2.16. The summed E-state index contributed by atoms with van der Waals surface area (Å²) in [5.41, 5.74) is 5.54. The third-order valence-corrected chi connectivity index (χ3v) is 5.48. The van der Waals surface area contributed by atoms with E-state index in [1.54, 1.807) is 0 Å². The Labute approximate surface area is 118 Å². The number of likely N-dealkylation sites (tertiary alicyclic amines) is 1. The van der Waals surface area contributed by atoms with Crippen LogP contribution in [0.2, 0.25) is 0 Å². The maximum absolute atomic E-state index is 13.7. The van der Waals surface area contributed by atoms with Crippen LogP contribution in [0, 0.1) is 5.82 Å². The topological polar surface area (TPSA) is 75.4 Å². The van der Waals surface area contributed by atoms with Crippen molar-refractivity contribution in [2.24, 2.45) is 0 Å². The summed E-state index contributed by atoms with van der Waals surface area (Å²) in [6, 6.07) is 4.34. The van der Waals surface area contributed by atoms with Gasteiger partial charge in [-0.15, -0.1) is 0 Å². The average molecular weight is 299 g/mol. The fourth-order valence-electron chi connectivity index (χ4n) is 2.74. The van der Waals surface area contributed by atoms with Crippen LogP contribution in [-0.2, 0) is 10.0 Å². The van der Waals surface area contributed by atoms with E-state index in [-0.39, 0.29) is 11.7 Å². The van der Waals surface area contributed by atoms with Gasteiger partial charge in [-0.1, -0.05) is 6.07 Å². The van der Waals surface area contributed by atoms with Crippen molar-refractivity contribution in [2.75, 3.05) is 18.8 Å². The van der Waals surface area contributed by atoms with Gasteiger partial charge in [0, 0.05) is 25.2 Å². The summed E-state index contributed by atoms with van der Waals surface area (Å²) in [4.78, 5) is 1.85. The van der Waals surface area contributed by atoms with Gasteiger partial charge in [-0.25, -0.2) is 17.5 Å². The van der Waals surface area contributed by atoms with Crippen LogP contribution in [0.15, 0.2) is 23.1 Å². The Kier molecular flexibility index (Phi) is 3.43. The van der Waals surface area contributed by atoms with E-state index in [4.69, 9.17) is 5.73 Å². The highest BCUT2D eigenvalue weighted by molar-refractivity contribution is 7.89. The lowest BCUT2D eigenvalue weighted by atomic mass is 10.3. The average Bonchev–Trinajstić information content (AvgIpc) is 3.10. The van der Waals surface area contributed by atoms with Crippen LogP contribution in [0.25, 0.3) is 0 Å². The van der Waals surface area contributed by atoms with E-state index in [0.717, 1.165) is 19.0 Å². The predicted molar refractivity (Wildman–Crippen MR) is 74.1 cm³/mol. The number of hydrogen-bond acceptors (Lipinski definition) is 4. The van der Waals surface area contributed by atoms with E-state index in [9.17, 15) is 12.8 Å². The highest BCUT2D eigenvalue weighted by Crippen LogP contribution is 2.30. The lowest BCUT2D eigenvalue weighted by molar-refractivity contribution is 0.322. The largest absolute Gasteiger partial charge is 0.398 e. The Hall–Kier alpha value is -1.18. The minimum atomic E-state index is -3.91. The summed E-state index contributed by atoms with van der Waals surface area (Å²) < 4.78 is 40.8. The van der Waals surface area contributed by atoms with Gasteiger partial charge < -0.3 is 5.73 Å². The zero-order valence-corrected chi connectivity index (χ0v) is 11.9. The number of anilines is 1. The first-order chi connectivity index (χ1) is 9.47. The van der Waals surface area contributed by atoms with Gasteiger partial charge in [-0.05, 0) is 31.4 Å². The third-order valence-electron chi connectivity index (χ3n) is 3.87. The molecule has 3 N–H and O–H groups in total. The Morgan fingerprint density at radius 3 is 2.70 bits per heavy atom. The maximum atomic E-state index is 13.7. The molecule has 1 saturated heterocycles. The number of halogens is 1. The van der Waals surface area contributed by atoms with E-state index >= 15 is 0 Å². The minimum absolute atomic E-state index is 0.0606. The standard InChI is InChI=1S/C13H18FN3O2S/c14-11-2-1-3-12(15)13(11)20(18,19)16-9-6-7-17(8-9)10-4-5-10/h1-3,9-10,16H,4-8,15H2. The minimum Gasteiger partial charge on any atom is -0.398 e. The van der Waals surface area contributed by atoms with Gasteiger partial charge in [-0.3, -0.25) is 4.90 Å². The van der Waals surface area contributed by atoms with Crippen LogP contribution in [0.1, 0.15) is 19.3 Å². The molecule has 110 valence electrons. The molecule has 1 atom stereocenters. The second-order valence-electron chi connectivity index (χ2n) is 5.49. The van der Waals surface area contributed by atoms with Gasteiger partial charge >= 0.3 is 0 Å². The SMILES string of the molecule is Nc1cccc(F)c1S(=O)(=O)NC1CCN(C2CC2)C1. The molecule has 0 amide bonds. The normalized spacial score (nSPS) is 24.1. The van der Waals surface area contributed by atoms with Crippen LogP contribution < -0.4 is 10.5 Å². The van der Waals surface area contributed by atoms with Crippen molar-refractivity contribution < 1.29 is 12.8 Å². The van der Waals surface area contributed by atoms with Gasteiger partial charge in [0.05, 0.1) is 5.69 Å². The highest BCUT2D eigenvalue weighted by atomic mass is 32.2. The molecule has 5 nitrogen and oxygen atoms in total. The van der Waals surface area contributed by atoms with Gasteiger partial charge in [0.15, 0.2) is 0 Å².